The molecule has 1 saturated carbocycles. The third-order valence-corrected chi connectivity index (χ3v) is 5.71. The highest BCUT2D eigenvalue weighted by Gasteiger charge is 2.55. The van der Waals surface area contributed by atoms with Crippen LogP contribution in [0.3, 0.4) is 0 Å². The number of halogens is 1. The molecular formula is C21H20FNO3. The van der Waals surface area contributed by atoms with Gasteiger partial charge in [-0.3, -0.25) is 9.59 Å². The van der Waals surface area contributed by atoms with Crippen molar-refractivity contribution < 1.29 is 19.1 Å². The Bertz CT molecular complexity index is 830. The fourth-order valence-electron chi connectivity index (χ4n) is 4.08. The second-order valence-corrected chi connectivity index (χ2v) is 7.26. The predicted molar refractivity (Wildman–Crippen MR) is 94.2 cm³/mol. The van der Waals surface area contributed by atoms with Crippen molar-refractivity contribution in [2.75, 3.05) is 13.1 Å². The Labute approximate surface area is 151 Å². The van der Waals surface area contributed by atoms with Crippen LogP contribution in [0.5, 0.6) is 0 Å². The molecule has 4 rings (SSSR count). The Morgan fingerprint density at radius 1 is 1.00 bits per heavy atom. The summed E-state index contributed by atoms with van der Waals surface area (Å²) in [4.78, 5) is 26.6. The van der Waals surface area contributed by atoms with Gasteiger partial charge in [0, 0.05) is 19.0 Å². The molecule has 0 spiro atoms. The normalized spacial score (nSPS) is 23.7. The molecule has 26 heavy (non-hydrogen) atoms. The summed E-state index contributed by atoms with van der Waals surface area (Å²) in [5.74, 6) is -2.05. The van der Waals surface area contributed by atoms with Crippen LogP contribution in [0.25, 0.3) is 0 Å². The Morgan fingerprint density at radius 3 is 2.23 bits per heavy atom. The fourth-order valence-corrected chi connectivity index (χ4v) is 4.08. The van der Waals surface area contributed by atoms with Gasteiger partial charge in [0.05, 0.1) is 11.3 Å². The molecular weight excluding hydrogens is 333 g/mol. The topological polar surface area (TPSA) is 57.6 Å². The van der Waals surface area contributed by atoms with E-state index in [1.165, 1.54) is 12.1 Å². The number of nitrogens with zero attached hydrogens (tertiary/aromatic N) is 1. The summed E-state index contributed by atoms with van der Waals surface area (Å²) in [6.45, 7) is 0.624. The first-order valence-electron chi connectivity index (χ1n) is 8.84. The first-order valence-corrected chi connectivity index (χ1v) is 8.84. The monoisotopic (exact) mass is 353 g/mol. The zero-order chi connectivity index (χ0) is 18.3. The van der Waals surface area contributed by atoms with Gasteiger partial charge >= 0.3 is 5.97 Å². The van der Waals surface area contributed by atoms with E-state index in [0.717, 1.165) is 24.0 Å². The first kappa shape index (κ1) is 16.8. The maximum Gasteiger partial charge on any atom is 0.308 e. The van der Waals surface area contributed by atoms with Gasteiger partial charge in [0.15, 0.2) is 0 Å². The molecule has 0 unspecified atom stereocenters. The Balaban J connectivity index is 1.59. The lowest BCUT2D eigenvalue weighted by Crippen LogP contribution is -2.38. The average molecular weight is 353 g/mol. The van der Waals surface area contributed by atoms with E-state index in [1.54, 1.807) is 17.0 Å². The van der Waals surface area contributed by atoms with Crippen LogP contribution in [0.15, 0.2) is 54.6 Å². The largest absolute Gasteiger partial charge is 0.481 e. The number of benzene rings is 2. The van der Waals surface area contributed by atoms with Crippen molar-refractivity contribution in [1.29, 1.82) is 0 Å². The average Bonchev–Trinajstić information content (AvgIpc) is 3.33. The van der Waals surface area contributed by atoms with Crippen LogP contribution in [0.4, 0.5) is 4.39 Å². The first-order chi connectivity index (χ1) is 12.5. The molecule has 2 fully saturated rings. The molecule has 0 radical (unpaired) electrons. The van der Waals surface area contributed by atoms with E-state index in [4.69, 9.17) is 0 Å². The van der Waals surface area contributed by atoms with Crippen LogP contribution in [-0.4, -0.2) is 35.0 Å². The molecule has 1 aliphatic carbocycles. The molecule has 134 valence electrons. The molecule has 1 saturated heterocycles. The van der Waals surface area contributed by atoms with Gasteiger partial charge in [-0.25, -0.2) is 4.39 Å². The minimum Gasteiger partial charge on any atom is -0.481 e. The second-order valence-electron chi connectivity index (χ2n) is 7.26. The minimum atomic E-state index is -0.874. The van der Waals surface area contributed by atoms with Crippen LogP contribution in [0, 0.1) is 11.7 Å². The van der Waals surface area contributed by atoms with E-state index in [2.05, 4.69) is 0 Å². The Kier molecular flexibility index (Phi) is 4.02. The van der Waals surface area contributed by atoms with Crippen LogP contribution in [0.1, 0.15) is 29.9 Å². The number of rotatable bonds is 4. The molecule has 2 atom stereocenters. The molecule has 0 bridgehead atoms. The van der Waals surface area contributed by atoms with E-state index >= 15 is 0 Å². The fraction of sp³-hybridized carbons (Fsp3) is 0.333. The van der Waals surface area contributed by atoms with E-state index in [1.807, 2.05) is 30.3 Å². The quantitative estimate of drug-likeness (QED) is 0.918. The molecule has 4 nitrogen and oxygen atoms in total. The minimum absolute atomic E-state index is 0.0335. The summed E-state index contributed by atoms with van der Waals surface area (Å²) in [5, 5.41) is 9.63. The standard InChI is InChI=1S/C21H20FNO3/c22-16-8-6-15(7-9-16)21(10-11-21)20(26)23-12-17(18(13-23)19(24)25)14-4-2-1-3-5-14/h1-9,17-18H,10-13H2,(H,24,25)/t17-,18-/m1/s1. The molecule has 2 aromatic rings. The number of carbonyl (C=O) groups excluding carboxylic acids is 1. The molecule has 1 aliphatic heterocycles. The highest BCUT2D eigenvalue weighted by Crippen LogP contribution is 2.50. The van der Waals surface area contributed by atoms with E-state index < -0.39 is 17.3 Å². The lowest BCUT2D eigenvalue weighted by Gasteiger charge is -2.23. The summed E-state index contributed by atoms with van der Waals surface area (Å²) < 4.78 is 13.2. The molecule has 1 N–H and O–H groups in total. The van der Waals surface area contributed by atoms with Crippen molar-refractivity contribution in [3.8, 4) is 0 Å². The van der Waals surface area contributed by atoms with Crippen LogP contribution in [-0.2, 0) is 15.0 Å². The van der Waals surface area contributed by atoms with E-state index in [0.29, 0.717) is 6.54 Å². The lowest BCUT2D eigenvalue weighted by molar-refractivity contribution is -0.142. The smallest absolute Gasteiger partial charge is 0.308 e. The van der Waals surface area contributed by atoms with Crippen molar-refractivity contribution in [3.63, 3.8) is 0 Å². The van der Waals surface area contributed by atoms with Crippen molar-refractivity contribution in [3.05, 3.63) is 71.5 Å². The number of carbonyl (C=O) groups is 2. The van der Waals surface area contributed by atoms with Gasteiger partial charge < -0.3 is 10.0 Å². The summed E-state index contributed by atoms with van der Waals surface area (Å²) in [5.41, 5.74) is 1.16. The lowest BCUT2D eigenvalue weighted by atomic mass is 9.89. The number of aliphatic carboxylic acids is 1. The molecule has 0 aromatic heterocycles. The van der Waals surface area contributed by atoms with Crippen LogP contribution >= 0.6 is 0 Å². The molecule has 5 heteroatoms. The molecule has 1 heterocycles. The number of hydrogen-bond donors (Lipinski definition) is 1. The van der Waals surface area contributed by atoms with Gasteiger partial charge in [-0.2, -0.15) is 0 Å². The van der Waals surface area contributed by atoms with Crippen molar-refractivity contribution >= 4 is 11.9 Å². The van der Waals surface area contributed by atoms with Gasteiger partial charge in [0.25, 0.3) is 0 Å². The van der Waals surface area contributed by atoms with Crippen molar-refractivity contribution in [1.82, 2.24) is 4.90 Å². The number of hydrogen-bond acceptors (Lipinski definition) is 2. The van der Waals surface area contributed by atoms with Gasteiger partial charge in [-0.05, 0) is 36.1 Å². The number of likely N-dealkylation sites (tertiary alicyclic amines) is 1. The van der Waals surface area contributed by atoms with E-state index in [9.17, 15) is 19.1 Å². The SMILES string of the molecule is O=C(O)[C@@H]1CN(C(=O)C2(c3ccc(F)cc3)CC2)C[C@@H]1c1ccccc1. The molecule has 2 aliphatic rings. The maximum atomic E-state index is 13.2. The highest BCUT2D eigenvalue weighted by molar-refractivity contribution is 5.92. The Morgan fingerprint density at radius 2 is 1.65 bits per heavy atom. The number of amides is 1. The van der Waals surface area contributed by atoms with Gasteiger partial charge in [0.2, 0.25) is 5.91 Å². The second kappa shape index (κ2) is 6.24. The maximum absolute atomic E-state index is 13.2. The van der Waals surface area contributed by atoms with Gasteiger partial charge in [-0.15, -0.1) is 0 Å². The molecule has 1 amide bonds. The van der Waals surface area contributed by atoms with Crippen LogP contribution < -0.4 is 0 Å². The third-order valence-electron chi connectivity index (χ3n) is 5.71. The molecule has 2 aromatic carbocycles. The van der Waals surface area contributed by atoms with Crippen molar-refractivity contribution in [2.45, 2.75) is 24.2 Å². The zero-order valence-corrected chi connectivity index (χ0v) is 14.3. The summed E-state index contributed by atoms with van der Waals surface area (Å²) >= 11 is 0. The number of carboxylic acids is 1. The van der Waals surface area contributed by atoms with Crippen LogP contribution in [0.2, 0.25) is 0 Å². The number of carboxylic acid groups (broad SMARTS) is 1. The Hall–Kier alpha value is -2.69. The zero-order valence-electron chi connectivity index (χ0n) is 14.3. The highest BCUT2D eigenvalue weighted by atomic mass is 19.1. The van der Waals surface area contributed by atoms with E-state index in [-0.39, 0.29) is 24.2 Å². The predicted octanol–water partition coefficient (Wildman–Crippen LogP) is 3.18. The van der Waals surface area contributed by atoms with Gasteiger partial charge in [0.1, 0.15) is 5.82 Å². The third kappa shape index (κ3) is 2.77. The summed E-state index contributed by atoms with van der Waals surface area (Å²) in [6, 6.07) is 15.6. The van der Waals surface area contributed by atoms with Crippen molar-refractivity contribution in [2.24, 2.45) is 5.92 Å². The van der Waals surface area contributed by atoms with Gasteiger partial charge in [-0.1, -0.05) is 42.5 Å². The summed E-state index contributed by atoms with van der Waals surface area (Å²) in [7, 11) is 0. The summed E-state index contributed by atoms with van der Waals surface area (Å²) in [6.07, 6.45) is 1.45.